The summed E-state index contributed by atoms with van der Waals surface area (Å²) in [5.41, 5.74) is 0. The number of hydrogen-bond acceptors (Lipinski definition) is 6. The molecule has 1 rings (SSSR count). The molecule has 0 aliphatic heterocycles. The van der Waals surface area contributed by atoms with Gasteiger partial charge in [-0.3, -0.25) is 0 Å². The van der Waals surface area contributed by atoms with Crippen molar-refractivity contribution in [1.82, 2.24) is 4.72 Å². The molecule has 0 aliphatic carbocycles. The van der Waals surface area contributed by atoms with Crippen molar-refractivity contribution in [3.63, 3.8) is 0 Å². The van der Waals surface area contributed by atoms with Crippen molar-refractivity contribution < 1.29 is 27.8 Å². The summed E-state index contributed by atoms with van der Waals surface area (Å²) in [7, 11) is -2.34. The Morgan fingerprint density at radius 3 is 2.50 bits per heavy atom. The van der Waals surface area contributed by atoms with Crippen LogP contribution in [0.15, 0.2) is 29.2 Å². The van der Waals surface area contributed by atoms with Crippen LogP contribution in [0.2, 0.25) is 0 Å². The summed E-state index contributed by atoms with van der Waals surface area (Å²) in [6.45, 7) is -0.153. The molecule has 20 heavy (non-hydrogen) atoms. The third-order valence-corrected chi connectivity index (χ3v) is 3.82. The van der Waals surface area contributed by atoms with E-state index in [0.717, 1.165) is 0 Å². The predicted molar refractivity (Wildman–Crippen MR) is 70.8 cm³/mol. The van der Waals surface area contributed by atoms with Gasteiger partial charge in [-0.25, -0.2) is 17.9 Å². The van der Waals surface area contributed by atoms with Gasteiger partial charge in [-0.2, -0.15) is 0 Å². The van der Waals surface area contributed by atoms with E-state index in [0.29, 0.717) is 12.2 Å². The van der Waals surface area contributed by atoms with Gasteiger partial charge in [0.25, 0.3) is 0 Å². The summed E-state index contributed by atoms with van der Waals surface area (Å²) in [4.78, 5) is 11.0. The van der Waals surface area contributed by atoms with Crippen LogP contribution in [0.25, 0.3) is 0 Å². The molecule has 0 spiro atoms. The van der Waals surface area contributed by atoms with E-state index in [1.165, 1.54) is 31.4 Å². The summed E-state index contributed by atoms with van der Waals surface area (Å²) in [5.74, 6) is -0.155. The number of nitrogens with one attached hydrogen (secondary N) is 1. The molecule has 0 aliphatic rings. The Morgan fingerprint density at radius 1 is 1.30 bits per heavy atom. The molecule has 0 unspecified atom stereocenters. The summed E-state index contributed by atoms with van der Waals surface area (Å²) in [6, 6.07) is 5.63. The fraction of sp³-hybridized carbons (Fsp3) is 0.417. The highest BCUT2D eigenvalue weighted by molar-refractivity contribution is 7.89. The number of rotatable bonds is 8. The van der Waals surface area contributed by atoms with Crippen molar-refractivity contribution in [2.24, 2.45) is 0 Å². The molecule has 7 nitrogen and oxygen atoms in total. The van der Waals surface area contributed by atoms with Crippen LogP contribution >= 0.6 is 0 Å². The number of esters is 1. The van der Waals surface area contributed by atoms with Gasteiger partial charge >= 0.3 is 5.97 Å². The molecular weight excluding hydrogens is 286 g/mol. The zero-order valence-electron chi connectivity index (χ0n) is 11.0. The number of aliphatic hydroxyl groups excluding tert-OH is 1. The quantitative estimate of drug-likeness (QED) is 0.513. The first-order valence-electron chi connectivity index (χ1n) is 5.90. The lowest BCUT2D eigenvalue weighted by molar-refractivity contribution is -0.142. The van der Waals surface area contributed by atoms with Gasteiger partial charge in [0.05, 0.1) is 12.0 Å². The second-order valence-corrected chi connectivity index (χ2v) is 5.58. The maximum Gasteiger partial charge on any atom is 0.343 e. The van der Waals surface area contributed by atoms with Crippen LogP contribution in [0.1, 0.15) is 6.42 Å². The summed E-state index contributed by atoms with van der Waals surface area (Å²) >= 11 is 0. The number of methoxy groups -OCH3 is 1. The van der Waals surface area contributed by atoms with Crippen LogP contribution in [0, 0.1) is 0 Å². The van der Waals surface area contributed by atoms with E-state index >= 15 is 0 Å². The molecule has 0 saturated carbocycles. The number of carbonyl (C=O) groups is 1. The largest absolute Gasteiger partial charge is 0.482 e. The lowest BCUT2D eigenvalue weighted by atomic mass is 10.3. The van der Waals surface area contributed by atoms with Gasteiger partial charge in [-0.15, -0.1) is 0 Å². The van der Waals surface area contributed by atoms with Crippen LogP contribution in [0.5, 0.6) is 5.75 Å². The third-order valence-electron chi connectivity index (χ3n) is 2.35. The average molecular weight is 303 g/mol. The number of sulfonamides is 1. The van der Waals surface area contributed by atoms with E-state index in [2.05, 4.69) is 9.46 Å². The standard InChI is InChI=1S/C12H17NO6S/c1-18-12(15)9-19-10-3-5-11(6-4-10)20(16,17)13-7-2-8-14/h3-6,13-14H,2,7-9H2,1H3. The molecule has 112 valence electrons. The Morgan fingerprint density at radius 2 is 1.95 bits per heavy atom. The summed E-state index contributed by atoms with van der Waals surface area (Å²) in [5, 5.41) is 8.61. The molecule has 2 N–H and O–H groups in total. The normalized spacial score (nSPS) is 11.1. The maximum atomic E-state index is 11.8. The predicted octanol–water partition coefficient (Wildman–Crippen LogP) is -0.101. The fourth-order valence-corrected chi connectivity index (χ4v) is 2.36. The number of aliphatic hydroxyl groups is 1. The molecule has 8 heteroatoms. The molecule has 0 fully saturated rings. The Labute approximate surface area is 117 Å². The van der Waals surface area contributed by atoms with Crippen molar-refractivity contribution in [3.05, 3.63) is 24.3 Å². The molecule has 0 aromatic heterocycles. The third kappa shape index (κ3) is 5.16. The molecule has 0 radical (unpaired) electrons. The van der Waals surface area contributed by atoms with Crippen LogP contribution in [-0.4, -0.2) is 46.4 Å². The van der Waals surface area contributed by atoms with Gasteiger partial charge in [0.1, 0.15) is 5.75 Å². The van der Waals surface area contributed by atoms with Crippen LogP contribution < -0.4 is 9.46 Å². The van der Waals surface area contributed by atoms with Gasteiger partial charge < -0.3 is 14.6 Å². The van der Waals surface area contributed by atoms with Crippen molar-refractivity contribution >= 4 is 16.0 Å². The minimum atomic E-state index is -3.59. The maximum absolute atomic E-state index is 11.8. The van der Waals surface area contributed by atoms with Gasteiger partial charge in [0.2, 0.25) is 10.0 Å². The molecule has 0 bridgehead atoms. The Hall–Kier alpha value is -1.64. The lowest BCUT2D eigenvalue weighted by Gasteiger charge is -2.08. The zero-order chi connectivity index (χ0) is 15.0. The number of hydrogen-bond donors (Lipinski definition) is 2. The minimum Gasteiger partial charge on any atom is -0.482 e. The first-order valence-corrected chi connectivity index (χ1v) is 7.38. The van der Waals surface area contributed by atoms with E-state index in [1.807, 2.05) is 0 Å². The monoisotopic (exact) mass is 303 g/mol. The van der Waals surface area contributed by atoms with Gasteiger partial charge in [0, 0.05) is 13.2 Å². The Kier molecular flexibility index (Phi) is 6.43. The summed E-state index contributed by atoms with van der Waals surface area (Å²) in [6.07, 6.45) is 0.347. The van der Waals surface area contributed by atoms with E-state index in [-0.39, 0.29) is 24.7 Å². The highest BCUT2D eigenvalue weighted by Crippen LogP contribution is 2.15. The van der Waals surface area contributed by atoms with Gasteiger partial charge in [0.15, 0.2) is 6.61 Å². The van der Waals surface area contributed by atoms with Crippen LogP contribution in [-0.2, 0) is 19.6 Å². The second-order valence-electron chi connectivity index (χ2n) is 3.81. The molecule has 0 saturated heterocycles. The van der Waals surface area contributed by atoms with Crippen LogP contribution in [0.4, 0.5) is 0 Å². The highest BCUT2D eigenvalue weighted by Gasteiger charge is 2.13. The molecular formula is C12H17NO6S. The van der Waals surface area contributed by atoms with E-state index in [1.54, 1.807) is 0 Å². The smallest absolute Gasteiger partial charge is 0.343 e. The van der Waals surface area contributed by atoms with Crippen LogP contribution in [0.3, 0.4) is 0 Å². The van der Waals surface area contributed by atoms with Crippen molar-refractivity contribution in [2.75, 3.05) is 26.9 Å². The van der Waals surface area contributed by atoms with E-state index in [4.69, 9.17) is 9.84 Å². The van der Waals surface area contributed by atoms with E-state index < -0.39 is 16.0 Å². The SMILES string of the molecule is COC(=O)COc1ccc(S(=O)(=O)NCCCO)cc1. The fourth-order valence-electron chi connectivity index (χ4n) is 1.29. The van der Waals surface area contributed by atoms with Gasteiger partial charge in [-0.05, 0) is 30.7 Å². The van der Waals surface area contributed by atoms with Crippen molar-refractivity contribution in [1.29, 1.82) is 0 Å². The Balaban J connectivity index is 2.63. The Bertz CT molecular complexity index is 525. The van der Waals surface area contributed by atoms with Crippen molar-refractivity contribution in [2.45, 2.75) is 11.3 Å². The first kappa shape index (κ1) is 16.4. The number of benzene rings is 1. The van der Waals surface area contributed by atoms with Gasteiger partial charge in [-0.1, -0.05) is 0 Å². The first-order chi connectivity index (χ1) is 9.49. The summed E-state index contributed by atoms with van der Waals surface area (Å²) < 4.78 is 35.5. The minimum absolute atomic E-state index is 0.0805. The molecule has 1 aromatic carbocycles. The number of carbonyl (C=O) groups excluding carboxylic acids is 1. The topological polar surface area (TPSA) is 102 Å². The lowest BCUT2D eigenvalue weighted by Crippen LogP contribution is -2.25. The molecule has 0 atom stereocenters. The van der Waals surface area contributed by atoms with Crippen molar-refractivity contribution in [3.8, 4) is 5.75 Å². The number of ether oxygens (including phenoxy) is 2. The zero-order valence-corrected chi connectivity index (χ0v) is 11.9. The highest BCUT2D eigenvalue weighted by atomic mass is 32.2. The molecule has 0 heterocycles. The molecule has 0 amide bonds. The second kappa shape index (κ2) is 7.83. The average Bonchev–Trinajstić information content (AvgIpc) is 2.45. The van der Waals surface area contributed by atoms with E-state index in [9.17, 15) is 13.2 Å². The molecule has 1 aromatic rings.